The first-order valence-electron chi connectivity index (χ1n) is 11.0. The minimum absolute atomic E-state index is 0.0418. The normalized spacial score (nSPS) is 15.1. The van der Waals surface area contributed by atoms with Crippen molar-refractivity contribution in [2.24, 2.45) is 0 Å². The topological polar surface area (TPSA) is 33.6 Å². The van der Waals surface area contributed by atoms with Gasteiger partial charge < -0.3 is 4.98 Å². The summed E-state index contributed by atoms with van der Waals surface area (Å²) in [6.07, 6.45) is 5.79. The van der Waals surface area contributed by atoms with E-state index in [1.165, 1.54) is 28.1 Å². The second kappa shape index (κ2) is 6.83. The van der Waals surface area contributed by atoms with Gasteiger partial charge >= 0.3 is 0 Å². The van der Waals surface area contributed by atoms with Crippen LogP contribution in [0.1, 0.15) is 56.5 Å². The molecule has 5 rings (SSSR count). The van der Waals surface area contributed by atoms with E-state index in [4.69, 9.17) is 5.10 Å². The fourth-order valence-corrected chi connectivity index (χ4v) is 5.04. The van der Waals surface area contributed by atoms with Gasteiger partial charge in [-0.1, -0.05) is 45.9 Å². The maximum Gasteiger partial charge on any atom is 0.147 e. The number of H-pyrrole nitrogens is 1. The summed E-state index contributed by atoms with van der Waals surface area (Å²) in [5.74, 6) is -0.218. The zero-order chi connectivity index (χ0) is 21.0. The second-order valence-corrected chi connectivity index (χ2v) is 8.96. The number of hydrogen-bond donors (Lipinski definition) is 1. The Hall–Kier alpha value is -2.88. The van der Waals surface area contributed by atoms with E-state index in [-0.39, 0.29) is 11.2 Å². The third-order valence-electron chi connectivity index (χ3n) is 6.73. The van der Waals surface area contributed by atoms with Crippen LogP contribution in [-0.2, 0) is 24.7 Å². The summed E-state index contributed by atoms with van der Waals surface area (Å²) >= 11 is 0. The summed E-state index contributed by atoms with van der Waals surface area (Å²) in [7, 11) is 0. The van der Waals surface area contributed by atoms with E-state index in [2.05, 4.69) is 55.6 Å². The molecule has 0 atom stereocenters. The molecule has 3 nitrogen and oxygen atoms in total. The lowest BCUT2D eigenvalue weighted by molar-refractivity contribution is 0.499. The van der Waals surface area contributed by atoms with Crippen LogP contribution < -0.4 is 0 Å². The van der Waals surface area contributed by atoms with Crippen LogP contribution in [-0.4, -0.2) is 14.8 Å². The number of hydrogen-bond acceptors (Lipinski definition) is 1. The first-order valence-corrected chi connectivity index (χ1v) is 11.0. The minimum Gasteiger partial charge on any atom is -0.359 e. The molecule has 2 aromatic heterocycles. The van der Waals surface area contributed by atoms with Crippen molar-refractivity contribution < 1.29 is 4.39 Å². The average molecular weight is 402 g/mol. The Labute approximate surface area is 176 Å². The zero-order valence-corrected chi connectivity index (χ0v) is 18.1. The van der Waals surface area contributed by atoms with Gasteiger partial charge in [0.1, 0.15) is 5.82 Å². The maximum atomic E-state index is 14.4. The number of nitrogens with zero attached hydrogens (tertiary/aromatic N) is 2. The van der Waals surface area contributed by atoms with E-state index in [0.717, 1.165) is 42.3 Å². The smallest absolute Gasteiger partial charge is 0.147 e. The van der Waals surface area contributed by atoms with Gasteiger partial charge in [-0.05, 0) is 55.0 Å². The van der Waals surface area contributed by atoms with E-state index in [9.17, 15) is 4.39 Å². The Bertz CT molecular complexity index is 1240. The molecule has 1 N–H and O–H groups in total. The van der Waals surface area contributed by atoms with Gasteiger partial charge in [0.2, 0.25) is 0 Å². The van der Waals surface area contributed by atoms with Gasteiger partial charge in [-0.3, -0.25) is 0 Å². The number of fused-ring (bicyclic) bond motifs is 2. The van der Waals surface area contributed by atoms with Gasteiger partial charge in [0.25, 0.3) is 0 Å². The monoisotopic (exact) mass is 401 g/mol. The Kier molecular flexibility index (Phi) is 4.35. The lowest BCUT2D eigenvalue weighted by atomic mass is 9.91. The molecule has 0 fully saturated rings. The molecule has 4 aromatic rings. The van der Waals surface area contributed by atoms with Crippen molar-refractivity contribution in [1.29, 1.82) is 0 Å². The lowest BCUT2D eigenvalue weighted by Gasteiger charge is -2.19. The average Bonchev–Trinajstić information content (AvgIpc) is 3.44. The van der Waals surface area contributed by atoms with E-state index >= 15 is 0 Å². The molecule has 4 heteroatoms. The van der Waals surface area contributed by atoms with E-state index in [1.54, 1.807) is 6.07 Å². The summed E-state index contributed by atoms with van der Waals surface area (Å²) in [5.41, 5.74) is 9.04. The first kappa shape index (κ1) is 19.1. The largest absolute Gasteiger partial charge is 0.359 e. The number of aromatic nitrogens is 3. The van der Waals surface area contributed by atoms with Crippen LogP contribution in [0.2, 0.25) is 0 Å². The standard InChI is InChI=1S/C26H28FN3/c1-5-16-8-7-9-17(6-2)23(16)30-24(20-12-14-26(3,4)25(20)29-30)19-10-11-21(27)22-18(19)13-15-28-22/h7-11,13,15,28H,5-6,12,14H2,1-4H3. The SMILES string of the molecule is CCc1cccc(CC)c1-n1nc2c(c1-c1ccc(F)c3[nH]ccc13)CCC2(C)C. The fraction of sp³-hybridized carbons (Fsp3) is 0.346. The number of rotatable bonds is 4. The number of benzene rings is 2. The van der Waals surface area contributed by atoms with Crippen LogP contribution in [0.25, 0.3) is 27.8 Å². The van der Waals surface area contributed by atoms with E-state index in [0.29, 0.717) is 5.52 Å². The van der Waals surface area contributed by atoms with Crippen LogP contribution in [0.5, 0.6) is 0 Å². The molecule has 1 aliphatic carbocycles. The van der Waals surface area contributed by atoms with Crippen LogP contribution >= 0.6 is 0 Å². The summed E-state index contributed by atoms with van der Waals surface area (Å²) in [4.78, 5) is 3.07. The predicted octanol–water partition coefficient (Wildman–Crippen LogP) is 6.51. The molecule has 1 aliphatic rings. The van der Waals surface area contributed by atoms with Crippen molar-refractivity contribution in [3.8, 4) is 16.9 Å². The van der Waals surface area contributed by atoms with Gasteiger partial charge in [0, 0.05) is 28.1 Å². The van der Waals surface area contributed by atoms with Crippen molar-refractivity contribution in [1.82, 2.24) is 14.8 Å². The van der Waals surface area contributed by atoms with Gasteiger partial charge in [-0.25, -0.2) is 9.07 Å². The summed E-state index contributed by atoms with van der Waals surface area (Å²) in [6, 6.07) is 12.0. The molecule has 0 radical (unpaired) electrons. The van der Waals surface area contributed by atoms with Crippen LogP contribution in [0, 0.1) is 5.82 Å². The lowest BCUT2D eigenvalue weighted by Crippen LogP contribution is -2.15. The molecule has 0 bridgehead atoms. The molecule has 0 saturated carbocycles. The Morgan fingerprint density at radius 2 is 1.80 bits per heavy atom. The second-order valence-electron chi connectivity index (χ2n) is 8.96. The molecular formula is C26H28FN3. The molecule has 2 aromatic carbocycles. The molecular weight excluding hydrogens is 373 g/mol. The highest BCUT2D eigenvalue weighted by molar-refractivity contribution is 5.96. The van der Waals surface area contributed by atoms with Crippen molar-refractivity contribution in [3.05, 3.63) is 70.8 Å². The van der Waals surface area contributed by atoms with Gasteiger partial charge in [-0.15, -0.1) is 0 Å². The number of aryl methyl sites for hydroxylation is 2. The van der Waals surface area contributed by atoms with Gasteiger partial charge in [0.15, 0.2) is 0 Å². The van der Waals surface area contributed by atoms with Crippen LogP contribution in [0.3, 0.4) is 0 Å². The predicted molar refractivity (Wildman–Crippen MR) is 121 cm³/mol. The van der Waals surface area contributed by atoms with Crippen LogP contribution in [0.15, 0.2) is 42.6 Å². The zero-order valence-electron chi connectivity index (χ0n) is 18.1. The summed E-state index contributed by atoms with van der Waals surface area (Å²) < 4.78 is 16.6. The van der Waals surface area contributed by atoms with Crippen molar-refractivity contribution in [3.63, 3.8) is 0 Å². The van der Waals surface area contributed by atoms with Crippen molar-refractivity contribution >= 4 is 10.9 Å². The van der Waals surface area contributed by atoms with Gasteiger partial charge in [0.05, 0.1) is 22.6 Å². The maximum absolute atomic E-state index is 14.4. The fourth-order valence-electron chi connectivity index (χ4n) is 5.04. The quantitative estimate of drug-likeness (QED) is 0.415. The Morgan fingerprint density at radius 1 is 1.07 bits per heavy atom. The first-order chi connectivity index (χ1) is 14.5. The minimum atomic E-state index is -0.218. The molecule has 0 saturated heterocycles. The molecule has 30 heavy (non-hydrogen) atoms. The Morgan fingerprint density at radius 3 is 2.50 bits per heavy atom. The number of halogens is 1. The highest BCUT2D eigenvalue weighted by Gasteiger charge is 2.37. The molecule has 0 aliphatic heterocycles. The molecule has 154 valence electrons. The van der Waals surface area contributed by atoms with E-state index in [1.807, 2.05) is 18.3 Å². The molecule has 0 amide bonds. The number of para-hydroxylation sites is 1. The molecule has 2 heterocycles. The third-order valence-corrected chi connectivity index (χ3v) is 6.73. The van der Waals surface area contributed by atoms with Crippen molar-refractivity contribution in [2.75, 3.05) is 0 Å². The Balaban J connectivity index is 1.89. The van der Waals surface area contributed by atoms with Crippen molar-refractivity contribution in [2.45, 2.75) is 58.8 Å². The molecule has 0 unspecified atom stereocenters. The number of nitrogens with one attached hydrogen (secondary N) is 1. The summed E-state index contributed by atoms with van der Waals surface area (Å²) in [5, 5.41) is 6.15. The van der Waals surface area contributed by atoms with Gasteiger partial charge in [-0.2, -0.15) is 5.10 Å². The number of aromatic amines is 1. The van der Waals surface area contributed by atoms with Crippen LogP contribution in [0.4, 0.5) is 4.39 Å². The van der Waals surface area contributed by atoms with E-state index < -0.39 is 0 Å². The highest BCUT2D eigenvalue weighted by atomic mass is 19.1. The third kappa shape index (κ3) is 2.66. The summed E-state index contributed by atoms with van der Waals surface area (Å²) in [6.45, 7) is 8.95. The highest BCUT2D eigenvalue weighted by Crippen LogP contribution is 2.45. The molecule has 0 spiro atoms.